The highest BCUT2D eigenvalue weighted by Gasteiger charge is 1.84. The van der Waals surface area contributed by atoms with Crippen molar-refractivity contribution in [2.75, 3.05) is 12.8 Å². The highest BCUT2D eigenvalue weighted by molar-refractivity contribution is 7.60. The monoisotopic (exact) mass is 116 g/mol. The Morgan fingerprint density at radius 2 is 2.14 bits per heavy atom. The Hall–Kier alpha value is 0.170. The van der Waals surface area contributed by atoms with Gasteiger partial charge in [0.25, 0.3) is 0 Å². The van der Waals surface area contributed by atoms with Crippen LogP contribution in [0.5, 0.6) is 0 Å². The number of hydrogen-bond acceptors (Lipinski definition) is 0. The van der Waals surface area contributed by atoms with E-state index in [1.165, 1.54) is 6.16 Å². The summed E-state index contributed by atoms with van der Waals surface area (Å²) in [6.45, 7) is 6.59. The third-order valence-corrected chi connectivity index (χ3v) is 2.71. The van der Waals surface area contributed by atoms with Crippen LogP contribution >= 0.6 is 7.92 Å². The Morgan fingerprint density at radius 1 is 1.57 bits per heavy atom. The van der Waals surface area contributed by atoms with E-state index in [-0.39, 0.29) is 7.92 Å². The van der Waals surface area contributed by atoms with Crippen LogP contribution in [-0.2, 0) is 0 Å². The molecule has 1 heteroatoms. The van der Waals surface area contributed by atoms with Gasteiger partial charge in [-0.25, -0.2) is 0 Å². The number of allylic oxidation sites excluding steroid dienone is 1. The minimum absolute atomic E-state index is 0.241. The van der Waals surface area contributed by atoms with Crippen molar-refractivity contribution in [2.45, 2.75) is 13.8 Å². The summed E-state index contributed by atoms with van der Waals surface area (Å²) in [5, 5.41) is 0. The molecule has 0 spiro atoms. The quantitative estimate of drug-likeness (QED) is 0.486. The van der Waals surface area contributed by atoms with E-state index < -0.39 is 0 Å². The van der Waals surface area contributed by atoms with Crippen LogP contribution in [-0.4, -0.2) is 12.8 Å². The van der Waals surface area contributed by atoms with E-state index >= 15 is 0 Å². The zero-order valence-corrected chi connectivity index (χ0v) is 6.20. The Morgan fingerprint density at radius 3 is 2.29 bits per heavy atom. The molecule has 0 N–H and O–H groups in total. The fourth-order valence-corrected chi connectivity index (χ4v) is 1.08. The highest BCUT2D eigenvalue weighted by atomic mass is 31.1. The normalized spacial score (nSPS) is 15.3. The molecule has 0 aliphatic carbocycles. The molecule has 0 nitrogen and oxygen atoms in total. The zero-order valence-electron chi connectivity index (χ0n) is 5.31. The van der Waals surface area contributed by atoms with Gasteiger partial charge in [-0.3, -0.25) is 0 Å². The summed E-state index contributed by atoms with van der Waals surface area (Å²) in [5.41, 5.74) is 0. The molecule has 0 saturated heterocycles. The molecule has 0 amide bonds. The van der Waals surface area contributed by atoms with Crippen LogP contribution in [0.4, 0.5) is 0 Å². The van der Waals surface area contributed by atoms with Crippen molar-refractivity contribution in [2.24, 2.45) is 0 Å². The molecule has 42 valence electrons. The predicted molar refractivity (Wildman–Crippen MR) is 38.2 cm³/mol. The van der Waals surface area contributed by atoms with Crippen LogP contribution in [0.15, 0.2) is 11.9 Å². The fraction of sp³-hybridized carbons (Fsp3) is 0.667. The van der Waals surface area contributed by atoms with E-state index in [0.29, 0.717) is 0 Å². The molecule has 0 aromatic heterocycles. The van der Waals surface area contributed by atoms with Crippen molar-refractivity contribution in [1.29, 1.82) is 0 Å². The molecule has 1 unspecified atom stereocenters. The van der Waals surface area contributed by atoms with Gasteiger partial charge in [-0.05, 0) is 19.8 Å². The predicted octanol–water partition coefficient (Wildman–Crippen LogP) is 2.65. The van der Waals surface area contributed by atoms with Crippen LogP contribution in [0, 0.1) is 0 Å². The van der Waals surface area contributed by atoms with Gasteiger partial charge in [-0.2, -0.15) is 0 Å². The van der Waals surface area contributed by atoms with Crippen molar-refractivity contribution >= 4 is 7.92 Å². The Balaban J connectivity index is 3.16. The van der Waals surface area contributed by atoms with E-state index in [9.17, 15) is 0 Å². The van der Waals surface area contributed by atoms with E-state index in [1.807, 2.05) is 0 Å². The van der Waals surface area contributed by atoms with Gasteiger partial charge in [0.15, 0.2) is 0 Å². The van der Waals surface area contributed by atoms with Gasteiger partial charge in [-0.1, -0.05) is 26.7 Å². The molecule has 0 aromatic rings. The lowest BCUT2D eigenvalue weighted by molar-refractivity contribution is 1.50. The summed E-state index contributed by atoms with van der Waals surface area (Å²) in [6.07, 6.45) is 3.45. The standard InChI is InChI=1S/C6H13P/c1-4-6-7(3)5-2/h4,6H,5H2,1-3H3. The summed E-state index contributed by atoms with van der Waals surface area (Å²) in [6, 6.07) is 0. The Labute approximate surface area is 47.4 Å². The minimum atomic E-state index is 0.241. The van der Waals surface area contributed by atoms with Gasteiger partial charge >= 0.3 is 0 Å². The summed E-state index contributed by atoms with van der Waals surface area (Å²) < 4.78 is 0. The molecule has 0 radical (unpaired) electrons. The van der Waals surface area contributed by atoms with Gasteiger partial charge < -0.3 is 0 Å². The maximum Gasteiger partial charge on any atom is -0.0322 e. The van der Waals surface area contributed by atoms with Crippen molar-refractivity contribution in [3.8, 4) is 0 Å². The molecular weight excluding hydrogens is 103 g/mol. The van der Waals surface area contributed by atoms with Gasteiger partial charge in [0.1, 0.15) is 0 Å². The van der Waals surface area contributed by atoms with Gasteiger partial charge in [0.2, 0.25) is 0 Å². The highest BCUT2D eigenvalue weighted by Crippen LogP contribution is 2.30. The molecular formula is C6H13P. The maximum atomic E-state index is 2.29. The van der Waals surface area contributed by atoms with Crippen molar-refractivity contribution < 1.29 is 0 Å². The first-order valence-electron chi connectivity index (χ1n) is 2.64. The fourth-order valence-electron chi connectivity index (χ4n) is 0.360. The van der Waals surface area contributed by atoms with Gasteiger partial charge in [0, 0.05) is 0 Å². The smallest absolute Gasteiger partial charge is 0.0322 e. The molecule has 0 aromatic carbocycles. The molecule has 0 heterocycles. The molecule has 0 saturated carbocycles. The first kappa shape index (κ1) is 7.17. The second-order valence-electron chi connectivity index (χ2n) is 1.56. The third-order valence-electron chi connectivity index (χ3n) is 0.902. The molecule has 0 bridgehead atoms. The van der Waals surface area contributed by atoms with Crippen LogP contribution < -0.4 is 0 Å². The first-order valence-corrected chi connectivity index (χ1v) is 4.68. The van der Waals surface area contributed by atoms with E-state index in [1.54, 1.807) is 0 Å². The summed E-state index contributed by atoms with van der Waals surface area (Å²) >= 11 is 0. The van der Waals surface area contributed by atoms with Crippen LogP contribution in [0.3, 0.4) is 0 Å². The second kappa shape index (κ2) is 4.33. The maximum absolute atomic E-state index is 2.29. The topological polar surface area (TPSA) is 0 Å². The number of hydrogen-bond donors (Lipinski definition) is 0. The van der Waals surface area contributed by atoms with Gasteiger partial charge in [-0.15, -0.1) is 0 Å². The van der Waals surface area contributed by atoms with E-state index in [0.717, 1.165) is 0 Å². The summed E-state index contributed by atoms with van der Waals surface area (Å²) in [4.78, 5) is 0. The Kier molecular flexibility index (Phi) is 4.44. The first-order chi connectivity index (χ1) is 3.31. The van der Waals surface area contributed by atoms with Crippen molar-refractivity contribution in [1.82, 2.24) is 0 Å². The SMILES string of the molecule is CC=CP(C)CC. The summed E-state index contributed by atoms with van der Waals surface area (Å²) in [7, 11) is 0.241. The van der Waals surface area contributed by atoms with Crippen LogP contribution in [0.2, 0.25) is 0 Å². The van der Waals surface area contributed by atoms with Crippen LogP contribution in [0.1, 0.15) is 13.8 Å². The molecule has 1 atom stereocenters. The molecule has 0 fully saturated rings. The molecule has 0 aliphatic rings. The molecule has 7 heavy (non-hydrogen) atoms. The lowest BCUT2D eigenvalue weighted by atomic mass is 10.8. The van der Waals surface area contributed by atoms with E-state index in [4.69, 9.17) is 0 Å². The van der Waals surface area contributed by atoms with Gasteiger partial charge in [0.05, 0.1) is 0 Å². The number of rotatable bonds is 2. The average Bonchev–Trinajstić information content (AvgIpc) is 1.68. The Bertz CT molecular complexity index is 57.2. The molecule has 0 rings (SSSR count). The second-order valence-corrected chi connectivity index (χ2v) is 4.00. The van der Waals surface area contributed by atoms with Crippen molar-refractivity contribution in [3.05, 3.63) is 11.9 Å². The minimum Gasteiger partial charge on any atom is -0.0872 e. The van der Waals surface area contributed by atoms with Crippen LogP contribution in [0.25, 0.3) is 0 Å². The lowest BCUT2D eigenvalue weighted by Crippen LogP contribution is -1.65. The molecule has 0 aliphatic heterocycles. The largest absolute Gasteiger partial charge is 0.0872 e. The van der Waals surface area contributed by atoms with Crippen molar-refractivity contribution in [3.63, 3.8) is 0 Å². The summed E-state index contributed by atoms with van der Waals surface area (Å²) in [5.74, 6) is 2.29. The lowest BCUT2D eigenvalue weighted by Gasteiger charge is -1.97. The average molecular weight is 116 g/mol. The van der Waals surface area contributed by atoms with E-state index in [2.05, 4.69) is 32.4 Å². The zero-order chi connectivity index (χ0) is 5.70. The third kappa shape index (κ3) is 4.01.